The van der Waals surface area contributed by atoms with E-state index in [1.54, 1.807) is 0 Å². The average Bonchev–Trinajstić information content (AvgIpc) is 3.12. The highest BCUT2D eigenvalue weighted by Crippen LogP contribution is 2.45. The molecule has 3 rings (SSSR count). The van der Waals surface area contributed by atoms with Crippen molar-refractivity contribution in [1.29, 1.82) is 0 Å². The second-order valence-corrected chi connectivity index (χ2v) is 6.95. The molecule has 144 valence electrons. The highest BCUT2D eigenvalue weighted by atomic mass is 16.5. The van der Waals surface area contributed by atoms with E-state index in [1.807, 2.05) is 72.8 Å². The number of rotatable bonds is 6. The molecule has 0 atom stereocenters. The molecule has 0 aromatic heterocycles. The van der Waals surface area contributed by atoms with Crippen molar-refractivity contribution in [3.63, 3.8) is 0 Å². The van der Waals surface area contributed by atoms with Gasteiger partial charge in [-0.05, 0) is 36.0 Å². The number of hydrogen-bond donors (Lipinski definition) is 0. The van der Waals surface area contributed by atoms with E-state index in [4.69, 9.17) is 9.47 Å². The minimum Gasteiger partial charge on any atom is -0.468 e. The summed E-state index contributed by atoms with van der Waals surface area (Å²) in [5.41, 5.74) is 2.90. The van der Waals surface area contributed by atoms with Gasteiger partial charge >= 0.3 is 11.9 Å². The van der Waals surface area contributed by atoms with Crippen molar-refractivity contribution in [2.24, 2.45) is 5.41 Å². The molecule has 2 aromatic carbocycles. The van der Waals surface area contributed by atoms with Crippen LogP contribution in [-0.4, -0.2) is 26.2 Å². The molecule has 4 nitrogen and oxygen atoms in total. The van der Waals surface area contributed by atoms with Gasteiger partial charge < -0.3 is 9.47 Å². The van der Waals surface area contributed by atoms with Gasteiger partial charge in [-0.1, -0.05) is 78.4 Å². The number of carbonyl (C=O) groups is 2. The first-order valence-electron chi connectivity index (χ1n) is 9.24. The summed E-state index contributed by atoms with van der Waals surface area (Å²) in [6.45, 7) is 0. The summed E-state index contributed by atoms with van der Waals surface area (Å²) in [7, 11) is 2.61. The van der Waals surface area contributed by atoms with Crippen LogP contribution in [0.25, 0.3) is 6.08 Å². The number of esters is 2. The van der Waals surface area contributed by atoms with Gasteiger partial charge in [-0.15, -0.1) is 0 Å². The van der Waals surface area contributed by atoms with Crippen LogP contribution in [0.4, 0.5) is 0 Å². The summed E-state index contributed by atoms with van der Waals surface area (Å²) >= 11 is 0. The van der Waals surface area contributed by atoms with Gasteiger partial charge in [0.05, 0.1) is 14.2 Å². The minimum atomic E-state index is -1.32. The first-order valence-corrected chi connectivity index (χ1v) is 9.24. The Kier molecular flexibility index (Phi) is 6.09. The van der Waals surface area contributed by atoms with Crippen LogP contribution in [0.15, 0.2) is 77.9 Å². The fraction of sp³-hybridized carbons (Fsp3) is 0.250. The Bertz CT molecular complexity index is 879. The molecule has 0 fully saturated rings. The molecule has 4 heteroatoms. The van der Waals surface area contributed by atoms with Crippen molar-refractivity contribution in [2.45, 2.75) is 19.3 Å². The molecule has 0 heterocycles. The zero-order chi connectivity index (χ0) is 20.0. The predicted molar refractivity (Wildman–Crippen MR) is 108 cm³/mol. The Labute approximate surface area is 165 Å². The minimum absolute atomic E-state index is 0.276. The molecule has 0 saturated heterocycles. The van der Waals surface area contributed by atoms with Crippen molar-refractivity contribution in [3.8, 4) is 0 Å². The quantitative estimate of drug-likeness (QED) is 0.555. The van der Waals surface area contributed by atoms with Gasteiger partial charge in [-0.25, -0.2) is 0 Å². The molecule has 0 saturated carbocycles. The highest BCUT2D eigenvalue weighted by molar-refractivity contribution is 6.01. The molecule has 28 heavy (non-hydrogen) atoms. The van der Waals surface area contributed by atoms with Gasteiger partial charge in [0, 0.05) is 0 Å². The molecule has 2 aromatic rings. The summed E-state index contributed by atoms with van der Waals surface area (Å²) < 4.78 is 9.96. The number of carbonyl (C=O) groups excluding carboxylic acids is 2. The summed E-state index contributed by atoms with van der Waals surface area (Å²) in [5.74, 6) is -1.10. The van der Waals surface area contributed by atoms with Crippen LogP contribution < -0.4 is 0 Å². The van der Waals surface area contributed by atoms with Crippen LogP contribution in [0.1, 0.15) is 24.0 Å². The van der Waals surface area contributed by atoms with Crippen molar-refractivity contribution >= 4 is 18.0 Å². The van der Waals surface area contributed by atoms with Gasteiger partial charge in [0.15, 0.2) is 5.41 Å². The van der Waals surface area contributed by atoms with Crippen molar-refractivity contribution in [2.75, 3.05) is 14.2 Å². The average molecular weight is 376 g/mol. The molecular weight excluding hydrogens is 352 g/mol. The third kappa shape index (κ3) is 4.06. The number of hydrogen-bond acceptors (Lipinski definition) is 4. The van der Waals surface area contributed by atoms with Gasteiger partial charge in [-0.2, -0.15) is 0 Å². The van der Waals surface area contributed by atoms with Gasteiger partial charge in [0.1, 0.15) is 0 Å². The number of allylic oxidation sites excluding steroid dienone is 3. The molecule has 0 bridgehead atoms. The largest absolute Gasteiger partial charge is 0.468 e. The van der Waals surface area contributed by atoms with E-state index in [9.17, 15) is 9.59 Å². The summed E-state index contributed by atoms with van der Waals surface area (Å²) in [6, 6.07) is 20.0. The molecule has 1 aliphatic carbocycles. The molecule has 0 radical (unpaired) electrons. The summed E-state index contributed by atoms with van der Waals surface area (Å²) in [4.78, 5) is 25.2. The maximum atomic E-state index is 12.6. The van der Waals surface area contributed by atoms with Crippen molar-refractivity contribution in [3.05, 3.63) is 89.0 Å². The molecule has 0 aliphatic heterocycles. The van der Waals surface area contributed by atoms with Crippen molar-refractivity contribution in [1.82, 2.24) is 0 Å². The Hall–Kier alpha value is -3.14. The molecular formula is C24H24O4. The molecule has 0 amide bonds. The van der Waals surface area contributed by atoms with E-state index in [-0.39, 0.29) is 6.42 Å². The maximum Gasteiger partial charge on any atom is 0.323 e. The lowest BCUT2D eigenvalue weighted by molar-refractivity contribution is -0.168. The van der Waals surface area contributed by atoms with E-state index < -0.39 is 17.4 Å². The molecule has 0 unspecified atom stereocenters. The Morgan fingerprint density at radius 2 is 1.43 bits per heavy atom. The SMILES string of the molecule is COC(=O)C1(C(=O)OC)CC(/C=C/c2ccccc2)=C(Cc2ccccc2)C1. The van der Waals surface area contributed by atoms with E-state index in [1.165, 1.54) is 14.2 Å². The maximum absolute atomic E-state index is 12.6. The fourth-order valence-corrected chi connectivity index (χ4v) is 3.71. The monoisotopic (exact) mass is 376 g/mol. The second-order valence-electron chi connectivity index (χ2n) is 6.95. The van der Waals surface area contributed by atoms with Crippen LogP contribution in [-0.2, 0) is 25.5 Å². The fourth-order valence-electron chi connectivity index (χ4n) is 3.71. The van der Waals surface area contributed by atoms with Gasteiger partial charge in [0.2, 0.25) is 0 Å². The summed E-state index contributed by atoms with van der Waals surface area (Å²) in [5, 5.41) is 0. The lowest BCUT2D eigenvalue weighted by Gasteiger charge is -2.23. The zero-order valence-electron chi connectivity index (χ0n) is 16.2. The first-order chi connectivity index (χ1) is 13.6. The number of methoxy groups -OCH3 is 2. The van der Waals surface area contributed by atoms with Gasteiger partial charge in [-0.3, -0.25) is 9.59 Å². The first kappa shape index (κ1) is 19.6. The Morgan fingerprint density at radius 1 is 0.857 bits per heavy atom. The molecule has 1 aliphatic rings. The number of ether oxygens (including phenoxy) is 2. The predicted octanol–water partition coefficient (Wildman–Crippen LogP) is 4.37. The van der Waals surface area contributed by atoms with Crippen LogP contribution >= 0.6 is 0 Å². The second kappa shape index (κ2) is 8.70. The van der Waals surface area contributed by atoms with Gasteiger partial charge in [0.25, 0.3) is 0 Å². The Balaban J connectivity index is 1.97. The number of benzene rings is 2. The lowest BCUT2D eigenvalue weighted by atomic mass is 9.83. The van der Waals surface area contributed by atoms with E-state index in [0.717, 1.165) is 22.3 Å². The third-order valence-electron chi connectivity index (χ3n) is 5.15. The van der Waals surface area contributed by atoms with Crippen LogP contribution in [0.5, 0.6) is 0 Å². The Morgan fingerprint density at radius 3 is 2.00 bits per heavy atom. The van der Waals surface area contributed by atoms with Crippen LogP contribution in [0, 0.1) is 5.41 Å². The van der Waals surface area contributed by atoms with E-state index in [0.29, 0.717) is 12.8 Å². The third-order valence-corrected chi connectivity index (χ3v) is 5.15. The standard InChI is InChI=1S/C24H24O4/c1-27-22(25)24(23(26)28-2)16-20(14-13-18-9-5-3-6-10-18)21(17-24)15-19-11-7-4-8-12-19/h3-14H,15-17H2,1-2H3/b14-13+. The lowest BCUT2D eigenvalue weighted by Crippen LogP contribution is -2.39. The highest BCUT2D eigenvalue weighted by Gasteiger charge is 2.52. The zero-order valence-corrected chi connectivity index (χ0v) is 16.2. The van der Waals surface area contributed by atoms with E-state index in [2.05, 4.69) is 0 Å². The summed E-state index contributed by atoms with van der Waals surface area (Å²) in [6.07, 6.45) is 5.25. The van der Waals surface area contributed by atoms with E-state index >= 15 is 0 Å². The van der Waals surface area contributed by atoms with Crippen LogP contribution in [0.3, 0.4) is 0 Å². The molecule has 0 spiro atoms. The smallest absolute Gasteiger partial charge is 0.323 e. The van der Waals surface area contributed by atoms with Crippen LogP contribution in [0.2, 0.25) is 0 Å². The normalized spacial score (nSPS) is 15.6. The van der Waals surface area contributed by atoms with Crippen molar-refractivity contribution < 1.29 is 19.1 Å². The topological polar surface area (TPSA) is 52.6 Å². The molecule has 0 N–H and O–H groups in total.